The number of aromatic nitrogens is 4. The zero-order chi connectivity index (χ0) is 21.1. The Hall–Kier alpha value is -3.42. The number of aryl methyl sites for hydroxylation is 2. The van der Waals surface area contributed by atoms with Crippen molar-refractivity contribution in [1.82, 2.24) is 19.7 Å². The molecule has 3 heterocycles. The van der Waals surface area contributed by atoms with Gasteiger partial charge in [0.05, 0.1) is 19.9 Å². The molecule has 1 saturated carbocycles. The predicted octanol–water partition coefficient (Wildman–Crippen LogP) is 2.68. The van der Waals surface area contributed by atoms with Crippen molar-refractivity contribution in [2.45, 2.75) is 25.8 Å². The van der Waals surface area contributed by atoms with Crippen LogP contribution in [0.1, 0.15) is 29.2 Å². The number of ether oxygens (including phenoxy) is 2. The number of anilines is 1. The van der Waals surface area contributed by atoms with E-state index < -0.39 is 0 Å². The molecular weight excluding hydrogens is 382 g/mol. The van der Waals surface area contributed by atoms with Crippen LogP contribution in [0, 0.1) is 12.8 Å². The zero-order valence-electron chi connectivity index (χ0n) is 17.3. The summed E-state index contributed by atoms with van der Waals surface area (Å²) >= 11 is 0. The van der Waals surface area contributed by atoms with Crippen molar-refractivity contribution < 1.29 is 9.47 Å². The van der Waals surface area contributed by atoms with Gasteiger partial charge in [-0.15, -0.1) is 5.10 Å². The van der Waals surface area contributed by atoms with Gasteiger partial charge in [0.15, 0.2) is 0 Å². The number of methoxy groups -OCH3 is 1. The molecular formula is C22H25N5O3. The summed E-state index contributed by atoms with van der Waals surface area (Å²) in [5, 5.41) is 7.41. The van der Waals surface area contributed by atoms with Crippen molar-refractivity contribution in [3.63, 3.8) is 0 Å². The van der Waals surface area contributed by atoms with Gasteiger partial charge in [-0.2, -0.15) is 0 Å². The van der Waals surface area contributed by atoms with Crippen LogP contribution in [-0.2, 0) is 13.6 Å². The van der Waals surface area contributed by atoms with Gasteiger partial charge >= 0.3 is 0 Å². The molecule has 1 aliphatic carbocycles. The minimum Gasteiger partial charge on any atom is -0.495 e. The minimum atomic E-state index is -0.198. The van der Waals surface area contributed by atoms with E-state index in [0.717, 1.165) is 29.0 Å². The molecule has 1 N–H and O–H groups in total. The zero-order valence-corrected chi connectivity index (χ0v) is 17.3. The molecule has 0 bridgehead atoms. The van der Waals surface area contributed by atoms with Crippen LogP contribution >= 0.6 is 0 Å². The van der Waals surface area contributed by atoms with E-state index in [1.807, 2.05) is 25.1 Å². The molecule has 0 spiro atoms. The second kappa shape index (κ2) is 8.52. The molecule has 1 aliphatic rings. The molecule has 0 aliphatic heterocycles. The van der Waals surface area contributed by atoms with E-state index in [4.69, 9.17) is 9.47 Å². The molecule has 0 amide bonds. The summed E-state index contributed by atoms with van der Waals surface area (Å²) in [6.45, 7) is 3.05. The van der Waals surface area contributed by atoms with Gasteiger partial charge in [0, 0.05) is 49.6 Å². The van der Waals surface area contributed by atoms with Crippen LogP contribution in [0.15, 0.2) is 47.7 Å². The fraction of sp³-hybridized carbons (Fsp3) is 0.364. The van der Waals surface area contributed by atoms with E-state index in [1.165, 1.54) is 4.68 Å². The standard InChI is InChI=1S/C22H25N5O3/c1-14-6-7-23-10-16(14)11-24-20-9-21(26-27(2)22(20)28)30-13-15-8-18(15)19-5-4-17(29-3)12-25-19/h4-7,9-10,12,15,18,24H,8,11,13H2,1-3H3. The summed E-state index contributed by atoms with van der Waals surface area (Å²) in [7, 11) is 3.25. The highest BCUT2D eigenvalue weighted by Crippen LogP contribution is 2.46. The van der Waals surface area contributed by atoms with Crippen LogP contribution in [-0.4, -0.2) is 33.5 Å². The summed E-state index contributed by atoms with van der Waals surface area (Å²) in [4.78, 5) is 21.0. The second-order valence-electron chi connectivity index (χ2n) is 7.52. The summed E-state index contributed by atoms with van der Waals surface area (Å²) in [5.74, 6) is 1.95. The topological polar surface area (TPSA) is 91.2 Å². The monoisotopic (exact) mass is 407 g/mol. The van der Waals surface area contributed by atoms with E-state index in [-0.39, 0.29) is 5.56 Å². The SMILES string of the molecule is COc1ccc(C2CC2COc2cc(NCc3cnccc3C)c(=O)n(C)n2)nc1. The van der Waals surface area contributed by atoms with Gasteiger partial charge in [-0.05, 0) is 42.7 Å². The summed E-state index contributed by atoms with van der Waals surface area (Å²) in [6.07, 6.45) is 6.31. The molecule has 8 nitrogen and oxygen atoms in total. The van der Waals surface area contributed by atoms with Crippen molar-refractivity contribution in [2.24, 2.45) is 13.0 Å². The maximum atomic E-state index is 12.4. The Bertz CT molecular complexity index is 1080. The lowest BCUT2D eigenvalue weighted by Gasteiger charge is -2.11. The van der Waals surface area contributed by atoms with Gasteiger partial charge in [0.2, 0.25) is 5.88 Å². The Kier molecular flexibility index (Phi) is 5.65. The lowest BCUT2D eigenvalue weighted by Crippen LogP contribution is -2.24. The third-order valence-corrected chi connectivity index (χ3v) is 5.40. The maximum absolute atomic E-state index is 12.4. The Morgan fingerprint density at radius 2 is 2.13 bits per heavy atom. The van der Waals surface area contributed by atoms with Crippen LogP contribution in [0.2, 0.25) is 0 Å². The largest absolute Gasteiger partial charge is 0.495 e. The van der Waals surface area contributed by atoms with Crippen LogP contribution < -0.4 is 20.3 Å². The molecule has 0 aromatic carbocycles. The smallest absolute Gasteiger partial charge is 0.290 e. The summed E-state index contributed by atoms with van der Waals surface area (Å²) in [6, 6.07) is 7.53. The number of pyridine rings is 2. The van der Waals surface area contributed by atoms with E-state index in [9.17, 15) is 4.79 Å². The average Bonchev–Trinajstić information content (AvgIpc) is 3.54. The van der Waals surface area contributed by atoms with Crippen LogP contribution in [0.4, 0.5) is 5.69 Å². The first-order valence-corrected chi connectivity index (χ1v) is 9.89. The van der Waals surface area contributed by atoms with E-state index in [0.29, 0.717) is 36.6 Å². The number of nitrogens with one attached hydrogen (secondary N) is 1. The lowest BCUT2D eigenvalue weighted by atomic mass is 10.1. The highest BCUT2D eigenvalue weighted by Gasteiger charge is 2.40. The highest BCUT2D eigenvalue weighted by molar-refractivity contribution is 5.44. The Labute approximate surface area is 174 Å². The van der Waals surface area contributed by atoms with E-state index in [2.05, 4.69) is 20.4 Å². The fourth-order valence-corrected chi connectivity index (χ4v) is 3.37. The molecule has 0 radical (unpaired) electrons. The first-order valence-electron chi connectivity index (χ1n) is 9.89. The number of nitrogens with zero attached hydrogens (tertiary/aromatic N) is 4. The van der Waals surface area contributed by atoms with Gasteiger partial charge < -0.3 is 14.8 Å². The highest BCUT2D eigenvalue weighted by atomic mass is 16.5. The van der Waals surface area contributed by atoms with Crippen LogP contribution in [0.3, 0.4) is 0 Å². The van der Waals surface area contributed by atoms with E-state index in [1.54, 1.807) is 38.8 Å². The molecule has 0 saturated heterocycles. The Morgan fingerprint density at radius 3 is 2.87 bits per heavy atom. The molecule has 3 aromatic rings. The average molecular weight is 407 g/mol. The van der Waals surface area contributed by atoms with Gasteiger partial charge in [-0.3, -0.25) is 14.8 Å². The van der Waals surface area contributed by atoms with Crippen molar-refractivity contribution in [3.05, 3.63) is 70.0 Å². The Balaban J connectivity index is 1.38. The molecule has 2 atom stereocenters. The van der Waals surface area contributed by atoms with Gasteiger partial charge in [-0.25, -0.2) is 4.68 Å². The quantitative estimate of drug-likeness (QED) is 0.614. The number of hydrogen-bond acceptors (Lipinski definition) is 7. The number of hydrogen-bond donors (Lipinski definition) is 1. The first kappa shape index (κ1) is 19.9. The van der Waals surface area contributed by atoms with Crippen molar-refractivity contribution in [3.8, 4) is 11.6 Å². The Morgan fingerprint density at radius 1 is 1.27 bits per heavy atom. The lowest BCUT2D eigenvalue weighted by molar-refractivity contribution is 0.278. The molecule has 30 heavy (non-hydrogen) atoms. The molecule has 8 heteroatoms. The van der Waals surface area contributed by atoms with Crippen LogP contribution in [0.5, 0.6) is 11.6 Å². The molecule has 3 aromatic heterocycles. The van der Waals surface area contributed by atoms with Gasteiger partial charge in [0.1, 0.15) is 11.4 Å². The second-order valence-corrected chi connectivity index (χ2v) is 7.52. The molecule has 4 rings (SSSR count). The third kappa shape index (κ3) is 4.42. The summed E-state index contributed by atoms with van der Waals surface area (Å²) < 4.78 is 12.4. The minimum absolute atomic E-state index is 0.198. The van der Waals surface area contributed by atoms with Crippen molar-refractivity contribution >= 4 is 5.69 Å². The third-order valence-electron chi connectivity index (χ3n) is 5.40. The van der Waals surface area contributed by atoms with E-state index >= 15 is 0 Å². The van der Waals surface area contributed by atoms with Crippen molar-refractivity contribution in [2.75, 3.05) is 19.0 Å². The van der Waals surface area contributed by atoms with Gasteiger partial charge in [-0.1, -0.05) is 0 Å². The normalized spacial score (nSPS) is 17.4. The molecule has 1 fully saturated rings. The number of rotatable bonds is 8. The predicted molar refractivity (Wildman–Crippen MR) is 113 cm³/mol. The van der Waals surface area contributed by atoms with Crippen LogP contribution in [0.25, 0.3) is 0 Å². The maximum Gasteiger partial charge on any atom is 0.290 e. The summed E-state index contributed by atoms with van der Waals surface area (Å²) in [5.41, 5.74) is 3.45. The van der Waals surface area contributed by atoms with Crippen molar-refractivity contribution in [1.29, 1.82) is 0 Å². The first-order chi connectivity index (χ1) is 14.5. The fourth-order valence-electron chi connectivity index (χ4n) is 3.37. The molecule has 156 valence electrons. The van der Waals surface area contributed by atoms with Gasteiger partial charge in [0.25, 0.3) is 5.56 Å². The molecule has 2 unspecified atom stereocenters.